The van der Waals surface area contributed by atoms with E-state index in [-0.39, 0.29) is 17.5 Å². The molecule has 1 atom stereocenters. The van der Waals surface area contributed by atoms with Crippen molar-refractivity contribution in [1.29, 1.82) is 5.26 Å². The van der Waals surface area contributed by atoms with Crippen molar-refractivity contribution in [2.24, 2.45) is 0 Å². The third-order valence-electron chi connectivity index (χ3n) is 3.39. The molecule has 0 radical (unpaired) electrons. The highest BCUT2D eigenvalue weighted by molar-refractivity contribution is 5.36. The van der Waals surface area contributed by atoms with Crippen molar-refractivity contribution >= 4 is 0 Å². The number of ether oxygens (including phenoxy) is 2. The first-order valence-corrected chi connectivity index (χ1v) is 6.87. The highest BCUT2D eigenvalue weighted by Crippen LogP contribution is 2.24. The zero-order valence-electron chi connectivity index (χ0n) is 11.4. The van der Waals surface area contributed by atoms with Gasteiger partial charge in [0.05, 0.1) is 17.8 Å². The molecule has 108 valence electrons. The van der Waals surface area contributed by atoms with Crippen LogP contribution < -0.4 is 10.3 Å². The Morgan fingerprint density at radius 2 is 2.14 bits per heavy atom. The van der Waals surface area contributed by atoms with Crippen LogP contribution in [0.2, 0.25) is 0 Å². The summed E-state index contributed by atoms with van der Waals surface area (Å²) >= 11 is 0. The fraction of sp³-hybridized carbons (Fsp3) is 0.333. The van der Waals surface area contributed by atoms with Gasteiger partial charge in [0, 0.05) is 6.61 Å². The molecule has 0 spiro atoms. The van der Waals surface area contributed by atoms with Crippen LogP contribution in [0, 0.1) is 11.3 Å². The second-order valence-corrected chi connectivity index (χ2v) is 4.90. The lowest BCUT2D eigenvalue weighted by Crippen LogP contribution is -2.20. The van der Waals surface area contributed by atoms with E-state index in [0.717, 1.165) is 19.3 Å². The monoisotopic (exact) mass is 285 g/mol. The summed E-state index contributed by atoms with van der Waals surface area (Å²) in [5, 5.41) is 11.5. The number of aromatic amines is 1. The van der Waals surface area contributed by atoms with E-state index in [1.165, 1.54) is 0 Å². The molecule has 3 rings (SSSR count). The van der Waals surface area contributed by atoms with Crippen LogP contribution in [0.1, 0.15) is 31.1 Å². The van der Waals surface area contributed by atoms with Gasteiger partial charge in [-0.15, -0.1) is 0 Å². The topological polar surface area (TPSA) is 80.0 Å². The molecule has 1 saturated heterocycles. The summed E-state index contributed by atoms with van der Waals surface area (Å²) in [5.74, 6) is 0.732. The summed E-state index contributed by atoms with van der Waals surface area (Å²) in [6.45, 7) is 0.705. The Bertz CT molecular complexity index is 703. The van der Waals surface area contributed by atoms with Crippen LogP contribution in [0.15, 0.2) is 35.3 Å². The molecule has 1 aliphatic rings. The van der Waals surface area contributed by atoms with E-state index >= 15 is 0 Å². The zero-order valence-corrected chi connectivity index (χ0v) is 11.4. The molecule has 0 amide bonds. The summed E-state index contributed by atoms with van der Waals surface area (Å²) < 4.78 is 12.8. The predicted molar refractivity (Wildman–Crippen MR) is 75.1 cm³/mol. The molecule has 1 aliphatic heterocycles. The predicted octanol–water partition coefficient (Wildman–Crippen LogP) is 2.54. The molecule has 6 nitrogen and oxygen atoms in total. The van der Waals surface area contributed by atoms with Gasteiger partial charge in [0.25, 0.3) is 0 Å². The largest absolute Gasteiger partial charge is 0.450 e. The normalized spacial score (nSPS) is 18.1. The molecule has 0 bridgehead atoms. The van der Waals surface area contributed by atoms with Crippen LogP contribution in [0.25, 0.3) is 0 Å². The molecular formula is C15H15N3O3. The highest BCUT2D eigenvalue weighted by Gasteiger charge is 2.18. The first-order valence-electron chi connectivity index (χ1n) is 6.87. The molecule has 1 aromatic heterocycles. The van der Waals surface area contributed by atoms with Gasteiger partial charge in [-0.3, -0.25) is 14.6 Å². The fourth-order valence-corrected chi connectivity index (χ4v) is 2.28. The zero-order chi connectivity index (χ0) is 14.7. The van der Waals surface area contributed by atoms with Gasteiger partial charge >= 0.3 is 5.56 Å². The number of benzene rings is 1. The van der Waals surface area contributed by atoms with E-state index in [1.807, 2.05) is 6.07 Å². The summed E-state index contributed by atoms with van der Waals surface area (Å²) in [6, 6.07) is 8.64. The van der Waals surface area contributed by atoms with Crippen molar-refractivity contribution in [3.8, 4) is 17.6 Å². The van der Waals surface area contributed by atoms with Crippen LogP contribution >= 0.6 is 0 Å². The first-order chi connectivity index (χ1) is 10.3. The minimum atomic E-state index is -0.298. The minimum Gasteiger partial charge on any atom is -0.450 e. The summed E-state index contributed by atoms with van der Waals surface area (Å²) in [7, 11) is 0. The van der Waals surface area contributed by atoms with Crippen molar-refractivity contribution in [1.82, 2.24) is 9.78 Å². The average Bonchev–Trinajstić information content (AvgIpc) is 2.90. The molecular weight excluding hydrogens is 270 g/mol. The lowest BCUT2D eigenvalue weighted by Gasteiger charge is -2.22. The number of nitrogens with one attached hydrogen (secondary N) is 1. The van der Waals surface area contributed by atoms with Crippen molar-refractivity contribution in [3.63, 3.8) is 0 Å². The van der Waals surface area contributed by atoms with Gasteiger partial charge in [0.2, 0.25) is 5.75 Å². The Labute approximate surface area is 121 Å². The number of aromatic nitrogens is 2. The van der Waals surface area contributed by atoms with Crippen molar-refractivity contribution in [3.05, 3.63) is 46.4 Å². The van der Waals surface area contributed by atoms with Crippen molar-refractivity contribution in [2.45, 2.75) is 25.5 Å². The van der Waals surface area contributed by atoms with E-state index < -0.39 is 0 Å². The lowest BCUT2D eigenvalue weighted by molar-refractivity contribution is -0.0397. The maximum absolute atomic E-state index is 11.9. The summed E-state index contributed by atoms with van der Waals surface area (Å²) in [6.07, 6.45) is 4.50. The maximum atomic E-state index is 11.9. The molecule has 6 heteroatoms. The molecule has 1 unspecified atom stereocenters. The van der Waals surface area contributed by atoms with Gasteiger partial charge in [-0.05, 0) is 43.5 Å². The van der Waals surface area contributed by atoms with E-state index in [2.05, 4.69) is 5.10 Å². The number of H-pyrrole nitrogens is 1. The van der Waals surface area contributed by atoms with Crippen LogP contribution in [-0.2, 0) is 4.74 Å². The maximum Gasteiger partial charge on any atom is 0.307 e. The molecule has 2 aromatic rings. The fourth-order valence-electron chi connectivity index (χ4n) is 2.28. The average molecular weight is 285 g/mol. The van der Waals surface area contributed by atoms with E-state index in [1.54, 1.807) is 35.1 Å². The van der Waals surface area contributed by atoms with Gasteiger partial charge in [-0.1, -0.05) is 0 Å². The van der Waals surface area contributed by atoms with Crippen LogP contribution in [-0.4, -0.2) is 16.4 Å². The van der Waals surface area contributed by atoms with E-state index in [0.29, 0.717) is 17.9 Å². The second kappa shape index (κ2) is 5.85. The number of nitrogens with zero attached hydrogens (tertiary/aromatic N) is 2. The Kier molecular flexibility index (Phi) is 3.75. The highest BCUT2D eigenvalue weighted by atomic mass is 16.5. The molecule has 2 heterocycles. The van der Waals surface area contributed by atoms with Crippen LogP contribution in [0.4, 0.5) is 0 Å². The molecule has 0 aliphatic carbocycles. The van der Waals surface area contributed by atoms with Crippen molar-refractivity contribution < 1.29 is 9.47 Å². The first kappa shape index (κ1) is 13.5. The SMILES string of the molecule is N#Cc1ccc(Oc2cn(C3CCCCO3)[nH]c2=O)cc1. The number of rotatable bonds is 3. The van der Waals surface area contributed by atoms with Crippen molar-refractivity contribution in [2.75, 3.05) is 6.61 Å². The lowest BCUT2D eigenvalue weighted by atomic mass is 10.2. The molecule has 1 N–H and O–H groups in total. The van der Waals surface area contributed by atoms with E-state index in [9.17, 15) is 4.79 Å². The van der Waals surface area contributed by atoms with Crippen LogP contribution in [0.5, 0.6) is 11.5 Å². The summed E-state index contributed by atoms with van der Waals surface area (Å²) in [4.78, 5) is 11.9. The Balaban J connectivity index is 1.77. The molecule has 0 saturated carbocycles. The standard InChI is InChI=1S/C15H15N3O3/c16-9-11-4-6-12(7-5-11)21-13-10-18(17-15(13)19)14-3-1-2-8-20-14/h4-7,10,14H,1-3,8H2,(H,17,19). The summed E-state index contributed by atoms with van der Waals surface area (Å²) in [5.41, 5.74) is 0.248. The van der Waals surface area contributed by atoms with Gasteiger partial charge in [-0.2, -0.15) is 5.26 Å². The Hall–Kier alpha value is -2.52. The third-order valence-corrected chi connectivity index (χ3v) is 3.39. The van der Waals surface area contributed by atoms with Gasteiger partial charge in [0.1, 0.15) is 12.0 Å². The quantitative estimate of drug-likeness (QED) is 0.939. The Morgan fingerprint density at radius 1 is 1.33 bits per heavy atom. The number of hydrogen-bond donors (Lipinski definition) is 1. The minimum absolute atomic E-state index is 0.134. The van der Waals surface area contributed by atoms with Crippen LogP contribution in [0.3, 0.4) is 0 Å². The molecule has 1 fully saturated rings. The van der Waals surface area contributed by atoms with E-state index in [4.69, 9.17) is 14.7 Å². The number of nitriles is 1. The molecule has 1 aromatic carbocycles. The molecule has 21 heavy (non-hydrogen) atoms. The van der Waals surface area contributed by atoms with Gasteiger partial charge in [0.15, 0.2) is 0 Å². The number of hydrogen-bond acceptors (Lipinski definition) is 4. The smallest absolute Gasteiger partial charge is 0.307 e. The Morgan fingerprint density at radius 3 is 2.81 bits per heavy atom. The van der Waals surface area contributed by atoms with Gasteiger partial charge in [-0.25, -0.2) is 0 Å². The third kappa shape index (κ3) is 2.98. The second-order valence-electron chi connectivity index (χ2n) is 4.90. The van der Waals surface area contributed by atoms with Gasteiger partial charge < -0.3 is 9.47 Å².